The van der Waals surface area contributed by atoms with Crippen LogP contribution in [0.1, 0.15) is 44.8 Å². The third kappa shape index (κ3) is 4.79. The van der Waals surface area contributed by atoms with Gasteiger partial charge in [-0.3, -0.25) is 4.79 Å². The van der Waals surface area contributed by atoms with Gasteiger partial charge in [0.1, 0.15) is 5.76 Å². The maximum atomic E-state index is 12.3. The highest BCUT2D eigenvalue weighted by molar-refractivity contribution is 5.84. The minimum Gasteiger partial charge on any atom is -0.467 e. The summed E-state index contributed by atoms with van der Waals surface area (Å²) in [4.78, 5) is 25.9. The number of hydrogen-bond donors (Lipinski definition) is 2. The van der Waals surface area contributed by atoms with Gasteiger partial charge >= 0.3 is 6.03 Å². The van der Waals surface area contributed by atoms with Gasteiger partial charge in [0.15, 0.2) is 0 Å². The Labute approximate surface area is 131 Å². The van der Waals surface area contributed by atoms with Crippen LogP contribution >= 0.6 is 0 Å². The van der Waals surface area contributed by atoms with Crippen molar-refractivity contribution in [3.05, 3.63) is 24.2 Å². The van der Waals surface area contributed by atoms with E-state index >= 15 is 0 Å². The predicted molar refractivity (Wildman–Crippen MR) is 83.2 cm³/mol. The van der Waals surface area contributed by atoms with E-state index in [0.29, 0.717) is 24.9 Å². The van der Waals surface area contributed by atoms with Crippen molar-refractivity contribution in [3.8, 4) is 0 Å². The predicted octanol–water partition coefficient (Wildman–Crippen LogP) is 2.26. The van der Waals surface area contributed by atoms with E-state index in [9.17, 15) is 9.59 Å². The minimum atomic E-state index is -0.357. The first-order chi connectivity index (χ1) is 10.7. The summed E-state index contributed by atoms with van der Waals surface area (Å²) >= 11 is 0. The zero-order chi connectivity index (χ0) is 15.8. The number of amides is 3. The lowest BCUT2D eigenvalue weighted by atomic mass is 9.94. The molecular weight excluding hydrogens is 282 g/mol. The first kappa shape index (κ1) is 16.4. The molecular formula is C16H25N3O3. The van der Waals surface area contributed by atoms with E-state index in [1.54, 1.807) is 18.4 Å². The topological polar surface area (TPSA) is 74.6 Å². The standard InChI is InChI=1S/C16H25N3O3/c1-2-19(13-7-4-3-5-8-13)15(20)12-18-16(21)17-11-14-9-6-10-22-14/h6,9-10,13H,2-5,7-8,11-12H2,1H3,(H2,17,18,21). The number of furan rings is 1. The summed E-state index contributed by atoms with van der Waals surface area (Å²) < 4.78 is 5.13. The molecule has 0 saturated heterocycles. The van der Waals surface area contributed by atoms with Crippen LogP contribution in [0.25, 0.3) is 0 Å². The SMILES string of the molecule is CCN(C(=O)CNC(=O)NCc1ccco1)C1CCCCC1. The Morgan fingerprint density at radius 3 is 2.68 bits per heavy atom. The van der Waals surface area contributed by atoms with Crippen molar-refractivity contribution in [2.75, 3.05) is 13.1 Å². The van der Waals surface area contributed by atoms with Gasteiger partial charge in [-0.05, 0) is 31.9 Å². The van der Waals surface area contributed by atoms with Crippen LogP contribution in [0.2, 0.25) is 0 Å². The minimum absolute atomic E-state index is 0.0115. The van der Waals surface area contributed by atoms with E-state index in [-0.39, 0.29) is 18.5 Å². The molecule has 1 aliphatic carbocycles. The van der Waals surface area contributed by atoms with Gasteiger partial charge in [-0.25, -0.2) is 4.79 Å². The smallest absolute Gasteiger partial charge is 0.315 e. The van der Waals surface area contributed by atoms with Gasteiger partial charge in [0.2, 0.25) is 5.91 Å². The van der Waals surface area contributed by atoms with Gasteiger partial charge in [-0.2, -0.15) is 0 Å². The highest BCUT2D eigenvalue weighted by Gasteiger charge is 2.24. The molecule has 0 aliphatic heterocycles. The van der Waals surface area contributed by atoms with E-state index in [0.717, 1.165) is 12.8 Å². The summed E-state index contributed by atoms with van der Waals surface area (Å²) in [6.45, 7) is 3.03. The van der Waals surface area contributed by atoms with E-state index in [4.69, 9.17) is 4.42 Å². The zero-order valence-electron chi connectivity index (χ0n) is 13.1. The maximum Gasteiger partial charge on any atom is 0.315 e. The average Bonchev–Trinajstić information content (AvgIpc) is 3.06. The van der Waals surface area contributed by atoms with E-state index < -0.39 is 0 Å². The number of carbonyl (C=O) groups excluding carboxylic acids is 2. The molecule has 0 radical (unpaired) electrons. The molecule has 1 heterocycles. The highest BCUT2D eigenvalue weighted by atomic mass is 16.3. The van der Waals surface area contributed by atoms with Gasteiger partial charge in [-0.15, -0.1) is 0 Å². The molecule has 2 rings (SSSR count). The molecule has 1 saturated carbocycles. The van der Waals surface area contributed by atoms with Gasteiger partial charge in [0, 0.05) is 12.6 Å². The Hall–Kier alpha value is -1.98. The van der Waals surface area contributed by atoms with Crippen molar-refractivity contribution in [3.63, 3.8) is 0 Å². The second-order valence-corrected chi connectivity index (χ2v) is 5.59. The molecule has 6 heteroatoms. The summed E-state index contributed by atoms with van der Waals surface area (Å²) in [6, 6.07) is 3.53. The molecule has 6 nitrogen and oxygen atoms in total. The molecule has 0 spiro atoms. The Morgan fingerprint density at radius 2 is 2.05 bits per heavy atom. The number of nitrogens with zero attached hydrogens (tertiary/aromatic N) is 1. The van der Waals surface area contributed by atoms with Crippen molar-refractivity contribution in [1.82, 2.24) is 15.5 Å². The largest absolute Gasteiger partial charge is 0.467 e. The fraction of sp³-hybridized carbons (Fsp3) is 0.625. The number of rotatable bonds is 6. The number of likely N-dealkylation sites (N-methyl/N-ethyl adjacent to an activating group) is 1. The molecule has 122 valence electrons. The van der Waals surface area contributed by atoms with Gasteiger partial charge < -0.3 is 20.0 Å². The Morgan fingerprint density at radius 1 is 1.27 bits per heavy atom. The summed E-state index contributed by atoms with van der Waals surface area (Å²) in [7, 11) is 0. The van der Waals surface area contributed by atoms with Gasteiger partial charge in [0.25, 0.3) is 0 Å². The van der Waals surface area contributed by atoms with Crippen LogP contribution in [-0.4, -0.2) is 36.0 Å². The molecule has 1 aromatic rings. The lowest BCUT2D eigenvalue weighted by molar-refractivity contribution is -0.132. The van der Waals surface area contributed by atoms with E-state index in [1.807, 2.05) is 11.8 Å². The van der Waals surface area contributed by atoms with E-state index in [2.05, 4.69) is 10.6 Å². The van der Waals surface area contributed by atoms with Crippen LogP contribution in [0, 0.1) is 0 Å². The van der Waals surface area contributed by atoms with Crippen LogP contribution in [-0.2, 0) is 11.3 Å². The molecule has 0 unspecified atom stereocenters. The van der Waals surface area contributed by atoms with Crippen LogP contribution < -0.4 is 10.6 Å². The average molecular weight is 307 g/mol. The quantitative estimate of drug-likeness (QED) is 0.846. The van der Waals surface area contributed by atoms with Crippen LogP contribution in [0.15, 0.2) is 22.8 Å². The molecule has 22 heavy (non-hydrogen) atoms. The Balaban J connectivity index is 1.71. The zero-order valence-corrected chi connectivity index (χ0v) is 13.1. The number of carbonyl (C=O) groups is 2. The number of hydrogen-bond acceptors (Lipinski definition) is 3. The van der Waals surface area contributed by atoms with Crippen LogP contribution in [0.5, 0.6) is 0 Å². The molecule has 1 fully saturated rings. The summed E-state index contributed by atoms with van der Waals surface area (Å²) in [5.41, 5.74) is 0. The maximum absolute atomic E-state index is 12.3. The summed E-state index contributed by atoms with van der Waals surface area (Å²) in [5.74, 6) is 0.668. The highest BCUT2D eigenvalue weighted by Crippen LogP contribution is 2.22. The summed E-state index contributed by atoms with van der Waals surface area (Å²) in [6.07, 6.45) is 7.34. The fourth-order valence-electron chi connectivity index (χ4n) is 2.93. The van der Waals surface area contributed by atoms with Crippen molar-refractivity contribution >= 4 is 11.9 Å². The molecule has 0 bridgehead atoms. The molecule has 1 aliphatic rings. The van der Waals surface area contributed by atoms with Crippen molar-refractivity contribution in [2.45, 2.75) is 51.6 Å². The fourth-order valence-corrected chi connectivity index (χ4v) is 2.93. The lowest BCUT2D eigenvalue weighted by Crippen LogP contribution is -2.47. The van der Waals surface area contributed by atoms with Crippen molar-refractivity contribution < 1.29 is 14.0 Å². The van der Waals surface area contributed by atoms with Crippen molar-refractivity contribution in [2.24, 2.45) is 0 Å². The second kappa shape index (κ2) is 8.46. The van der Waals surface area contributed by atoms with E-state index in [1.165, 1.54) is 19.3 Å². The third-order valence-electron chi connectivity index (χ3n) is 4.08. The lowest BCUT2D eigenvalue weighted by Gasteiger charge is -2.33. The number of nitrogens with one attached hydrogen (secondary N) is 2. The second-order valence-electron chi connectivity index (χ2n) is 5.59. The summed E-state index contributed by atoms with van der Waals surface area (Å²) in [5, 5.41) is 5.28. The third-order valence-corrected chi connectivity index (χ3v) is 4.08. The van der Waals surface area contributed by atoms with Crippen LogP contribution in [0.4, 0.5) is 4.79 Å². The van der Waals surface area contributed by atoms with Crippen LogP contribution in [0.3, 0.4) is 0 Å². The molecule has 0 aromatic carbocycles. The molecule has 0 atom stereocenters. The first-order valence-electron chi connectivity index (χ1n) is 8.04. The first-order valence-corrected chi connectivity index (χ1v) is 8.04. The monoisotopic (exact) mass is 307 g/mol. The molecule has 2 N–H and O–H groups in total. The Bertz CT molecular complexity index is 467. The normalized spacial score (nSPS) is 15.3. The molecule has 1 aromatic heterocycles. The van der Waals surface area contributed by atoms with Crippen molar-refractivity contribution in [1.29, 1.82) is 0 Å². The Kier molecular flexibility index (Phi) is 6.30. The van der Waals surface area contributed by atoms with Gasteiger partial charge in [0.05, 0.1) is 19.4 Å². The van der Waals surface area contributed by atoms with Gasteiger partial charge in [-0.1, -0.05) is 19.3 Å². The molecule has 3 amide bonds. The number of urea groups is 1.